The van der Waals surface area contributed by atoms with Crippen LogP contribution in [0, 0.1) is 0 Å². The second-order valence-electron chi connectivity index (χ2n) is 4.05. The summed E-state index contributed by atoms with van der Waals surface area (Å²) < 4.78 is 0.475. The summed E-state index contributed by atoms with van der Waals surface area (Å²) in [6.07, 6.45) is 1.84. The lowest BCUT2D eigenvalue weighted by molar-refractivity contribution is -0.113. The Morgan fingerprint density at radius 3 is 2.80 bits per heavy atom. The van der Waals surface area contributed by atoms with Crippen molar-refractivity contribution in [2.24, 2.45) is 0 Å². The first-order valence-corrected chi connectivity index (χ1v) is 7.86. The van der Waals surface area contributed by atoms with Gasteiger partial charge in [0, 0.05) is 10.9 Å². The highest BCUT2D eigenvalue weighted by Crippen LogP contribution is 2.37. The zero-order chi connectivity index (χ0) is 14.1. The maximum atomic E-state index is 12.4. The van der Waals surface area contributed by atoms with Gasteiger partial charge in [0.1, 0.15) is 5.75 Å². The molecule has 1 amide bonds. The smallest absolute Gasteiger partial charge is 0.270 e. The van der Waals surface area contributed by atoms with Crippen LogP contribution in [0.3, 0.4) is 0 Å². The number of amides is 1. The van der Waals surface area contributed by atoms with Crippen molar-refractivity contribution < 1.29 is 9.90 Å². The van der Waals surface area contributed by atoms with Gasteiger partial charge in [-0.1, -0.05) is 36.1 Å². The van der Waals surface area contributed by atoms with Gasteiger partial charge < -0.3 is 5.11 Å². The predicted molar refractivity (Wildman–Crippen MR) is 88.1 cm³/mol. The van der Waals surface area contributed by atoms with Gasteiger partial charge >= 0.3 is 0 Å². The molecular formula is C14H9NO2S3. The number of carbonyl (C=O) groups is 1. The number of aromatic hydroxyl groups is 1. The molecule has 1 aliphatic rings. The summed E-state index contributed by atoms with van der Waals surface area (Å²) >= 11 is 8.11. The number of anilines is 1. The van der Waals surface area contributed by atoms with Crippen molar-refractivity contribution in [3.8, 4) is 5.75 Å². The quantitative estimate of drug-likeness (QED) is 0.674. The number of nitrogens with zero attached hydrogens (tertiary/aromatic N) is 1. The van der Waals surface area contributed by atoms with E-state index in [1.54, 1.807) is 29.5 Å². The molecule has 2 heterocycles. The molecule has 1 aromatic heterocycles. The molecule has 1 saturated heterocycles. The maximum absolute atomic E-state index is 12.4. The van der Waals surface area contributed by atoms with Gasteiger partial charge in [0.25, 0.3) is 5.91 Å². The van der Waals surface area contributed by atoms with Crippen LogP contribution in [0.1, 0.15) is 4.88 Å². The molecule has 0 aliphatic carbocycles. The van der Waals surface area contributed by atoms with E-state index >= 15 is 0 Å². The molecule has 0 atom stereocenters. The monoisotopic (exact) mass is 319 g/mol. The lowest BCUT2D eigenvalue weighted by Gasteiger charge is -2.14. The fourth-order valence-electron chi connectivity index (χ4n) is 1.83. The number of thiocarbonyl (C=S) groups is 1. The van der Waals surface area contributed by atoms with E-state index in [0.29, 0.717) is 14.9 Å². The van der Waals surface area contributed by atoms with Gasteiger partial charge in [0.15, 0.2) is 4.32 Å². The number of phenols is 1. The molecule has 0 saturated carbocycles. The van der Waals surface area contributed by atoms with E-state index in [1.165, 1.54) is 22.7 Å². The molecule has 1 N–H and O–H groups in total. The molecule has 3 nitrogen and oxygen atoms in total. The molecular weight excluding hydrogens is 310 g/mol. The van der Waals surface area contributed by atoms with Crippen LogP contribution >= 0.6 is 35.3 Å². The fraction of sp³-hybridized carbons (Fsp3) is 0. The average Bonchev–Trinajstić information content (AvgIpc) is 2.99. The van der Waals surface area contributed by atoms with Crippen molar-refractivity contribution in [1.82, 2.24) is 0 Å². The molecule has 1 fully saturated rings. The second kappa shape index (κ2) is 5.40. The number of hydrogen-bond acceptors (Lipinski definition) is 5. The van der Waals surface area contributed by atoms with E-state index in [2.05, 4.69) is 0 Å². The number of thiophene rings is 1. The first-order chi connectivity index (χ1) is 9.65. The predicted octanol–water partition coefficient (Wildman–Crippen LogP) is 3.86. The normalized spacial score (nSPS) is 17.2. The van der Waals surface area contributed by atoms with Crippen molar-refractivity contribution in [3.63, 3.8) is 0 Å². The molecule has 0 radical (unpaired) electrons. The Morgan fingerprint density at radius 1 is 1.25 bits per heavy atom. The largest absolute Gasteiger partial charge is 0.508 e. The van der Waals surface area contributed by atoms with Crippen LogP contribution in [0.15, 0.2) is 46.7 Å². The lowest BCUT2D eigenvalue weighted by Crippen LogP contribution is -2.27. The van der Waals surface area contributed by atoms with Crippen LogP contribution in [0.25, 0.3) is 6.08 Å². The highest BCUT2D eigenvalue weighted by molar-refractivity contribution is 8.27. The van der Waals surface area contributed by atoms with Crippen LogP contribution in [0.5, 0.6) is 5.75 Å². The molecule has 1 aromatic carbocycles. The number of thioether (sulfide) groups is 1. The first kappa shape index (κ1) is 13.4. The summed E-state index contributed by atoms with van der Waals surface area (Å²) in [6.45, 7) is 0. The van der Waals surface area contributed by atoms with Crippen molar-refractivity contribution in [2.45, 2.75) is 0 Å². The zero-order valence-corrected chi connectivity index (χ0v) is 12.6. The molecule has 0 spiro atoms. The van der Waals surface area contributed by atoms with E-state index in [1.807, 2.05) is 23.6 Å². The summed E-state index contributed by atoms with van der Waals surface area (Å²) in [6, 6.07) is 10.4. The molecule has 3 rings (SSSR count). The van der Waals surface area contributed by atoms with Gasteiger partial charge in [-0.15, -0.1) is 11.3 Å². The Hall–Kier alpha value is -1.63. The van der Waals surface area contributed by atoms with E-state index in [9.17, 15) is 9.90 Å². The molecule has 6 heteroatoms. The Morgan fingerprint density at radius 2 is 2.10 bits per heavy atom. The second-order valence-corrected chi connectivity index (χ2v) is 6.71. The van der Waals surface area contributed by atoms with Crippen LogP contribution in [0.4, 0.5) is 5.69 Å². The molecule has 1 aliphatic heterocycles. The minimum absolute atomic E-state index is 0.110. The van der Waals surface area contributed by atoms with Crippen LogP contribution in [0.2, 0.25) is 0 Å². The van der Waals surface area contributed by atoms with E-state index in [-0.39, 0.29) is 11.7 Å². The summed E-state index contributed by atoms with van der Waals surface area (Å²) in [7, 11) is 0. The van der Waals surface area contributed by atoms with Gasteiger partial charge in [-0.05, 0) is 29.7 Å². The van der Waals surface area contributed by atoms with Gasteiger partial charge in [-0.25, -0.2) is 0 Å². The van der Waals surface area contributed by atoms with E-state index in [4.69, 9.17) is 12.2 Å². The third-order valence-electron chi connectivity index (χ3n) is 2.70. The molecule has 100 valence electrons. The summed E-state index contributed by atoms with van der Waals surface area (Å²) in [4.78, 5) is 15.5. The minimum Gasteiger partial charge on any atom is -0.508 e. The lowest BCUT2D eigenvalue weighted by atomic mass is 10.2. The van der Waals surface area contributed by atoms with Gasteiger partial charge in [0.2, 0.25) is 0 Å². The number of carbonyl (C=O) groups excluding carboxylic acids is 1. The standard InChI is InChI=1S/C14H9NO2S3/c16-10-4-1-3-9(7-10)15-13(17)12(20-14(15)18)8-11-5-2-6-19-11/h1-8,16H/b12-8+. The van der Waals surface area contributed by atoms with E-state index in [0.717, 1.165) is 4.88 Å². The van der Waals surface area contributed by atoms with Crippen LogP contribution < -0.4 is 4.90 Å². The number of hydrogen-bond donors (Lipinski definition) is 1. The highest BCUT2D eigenvalue weighted by Gasteiger charge is 2.33. The van der Waals surface area contributed by atoms with Crippen LogP contribution in [-0.4, -0.2) is 15.3 Å². The Labute approximate surface area is 129 Å². The van der Waals surface area contributed by atoms with Crippen LogP contribution in [-0.2, 0) is 4.79 Å². The number of phenolic OH excluding ortho intramolecular Hbond substituents is 1. The number of benzene rings is 1. The highest BCUT2D eigenvalue weighted by atomic mass is 32.2. The van der Waals surface area contributed by atoms with Crippen molar-refractivity contribution >= 4 is 57.3 Å². The number of rotatable bonds is 2. The fourth-order valence-corrected chi connectivity index (χ4v) is 3.85. The SMILES string of the molecule is O=C1/C(=C\c2cccs2)SC(=S)N1c1cccc(O)c1. The topological polar surface area (TPSA) is 40.5 Å². The third-order valence-corrected chi connectivity index (χ3v) is 4.82. The van der Waals surface area contributed by atoms with Crippen molar-refractivity contribution in [3.05, 3.63) is 51.6 Å². The molecule has 2 aromatic rings. The van der Waals surface area contributed by atoms with E-state index < -0.39 is 0 Å². The maximum Gasteiger partial charge on any atom is 0.270 e. The van der Waals surface area contributed by atoms with Gasteiger partial charge in [-0.2, -0.15) is 0 Å². The molecule has 0 unspecified atom stereocenters. The Bertz CT molecular complexity index is 707. The summed E-state index contributed by atoms with van der Waals surface area (Å²) in [5.74, 6) is -0.0437. The summed E-state index contributed by atoms with van der Waals surface area (Å²) in [5.41, 5.74) is 0.585. The first-order valence-electron chi connectivity index (χ1n) is 5.75. The average molecular weight is 319 g/mol. The zero-order valence-electron chi connectivity index (χ0n) is 10.1. The Balaban J connectivity index is 1.95. The van der Waals surface area contributed by atoms with Gasteiger partial charge in [0.05, 0.1) is 10.6 Å². The van der Waals surface area contributed by atoms with Gasteiger partial charge in [-0.3, -0.25) is 9.69 Å². The van der Waals surface area contributed by atoms with Crippen molar-refractivity contribution in [2.75, 3.05) is 4.90 Å². The minimum atomic E-state index is -0.154. The Kier molecular flexibility index (Phi) is 3.60. The molecule has 20 heavy (non-hydrogen) atoms. The van der Waals surface area contributed by atoms with Crippen molar-refractivity contribution in [1.29, 1.82) is 0 Å². The third kappa shape index (κ3) is 2.49. The summed E-state index contributed by atoms with van der Waals surface area (Å²) in [5, 5.41) is 11.5. The molecule has 0 bridgehead atoms.